The second-order valence-electron chi connectivity index (χ2n) is 7.16. The third-order valence-corrected chi connectivity index (χ3v) is 4.30. The highest BCUT2D eigenvalue weighted by atomic mass is 32.2. The number of rotatable bonds is 6. The molecule has 4 nitrogen and oxygen atoms in total. The van der Waals surface area contributed by atoms with E-state index in [-0.39, 0.29) is 28.8 Å². The molecule has 138 valence electrons. The molecule has 2 aromatic rings. The van der Waals surface area contributed by atoms with Gasteiger partial charge in [0.05, 0.1) is 5.75 Å². The topological polar surface area (TPSA) is 58.2 Å². The van der Waals surface area contributed by atoms with Gasteiger partial charge in [-0.2, -0.15) is 0 Å². The van der Waals surface area contributed by atoms with Gasteiger partial charge in [0.2, 0.25) is 11.8 Å². The molecule has 2 N–H and O–H groups in total. The van der Waals surface area contributed by atoms with Crippen LogP contribution in [0.25, 0.3) is 0 Å². The van der Waals surface area contributed by atoms with E-state index in [0.717, 1.165) is 4.90 Å². The van der Waals surface area contributed by atoms with Gasteiger partial charge in [-0.15, -0.1) is 11.8 Å². The minimum absolute atomic E-state index is 0.0336. The van der Waals surface area contributed by atoms with Gasteiger partial charge in [-0.3, -0.25) is 9.59 Å². The van der Waals surface area contributed by atoms with Crippen LogP contribution in [-0.2, 0) is 9.59 Å². The molecule has 2 aromatic carbocycles. The molecule has 0 radical (unpaired) electrons. The van der Waals surface area contributed by atoms with E-state index in [9.17, 15) is 14.0 Å². The number of nitrogens with one attached hydrogen (secondary N) is 2. The molecule has 0 aliphatic heterocycles. The molecule has 6 heteroatoms. The van der Waals surface area contributed by atoms with E-state index in [1.807, 2.05) is 45.0 Å². The molecule has 0 bridgehead atoms. The van der Waals surface area contributed by atoms with Crippen molar-refractivity contribution >= 4 is 35.0 Å². The molecular weight excluding hydrogens is 351 g/mol. The zero-order chi connectivity index (χ0) is 19.2. The first-order chi connectivity index (χ1) is 12.2. The van der Waals surface area contributed by atoms with Gasteiger partial charge in [0.25, 0.3) is 0 Å². The van der Waals surface area contributed by atoms with Crippen molar-refractivity contribution in [3.63, 3.8) is 0 Å². The average Bonchev–Trinajstić information content (AvgIpc) is 2.54. The fourth-order valence-electron chi connectivity index (χ4n) is 2.23. The highest BCUT2D eigenvalue weighted by Gasteiger charge is 2.16. The number of carbonyl (C=O) groups is 2. The van der Waals surface area contributed by atoms with Crippen molar-refractivity contribution < 1.29 is 14.0 Å². The maximum atomic E-state index is 12.9. The van der Waals surface area contributed by atoms with Crippen LogP contribution in [0.1, 0.15) is 27.2 Å². The summed E-state index contributed by atoms with van der Waals surface area (Å²) in [5.74, 6) is -0.336. The quantitative estimate of drug-likeness (QED) is 0.705. The molecule has 0 saturated heterocycles. The van der Waals surface area contributed by atoms with Crippen LogP contribution in [0.3, 0.4) is 0 Å². The number of hydrogen-bond donors (Lipinski definition) is 2. The van der Waals surface area contributed by atoms with Crippen molar-refractivity contribution in [2.45, 2.75) is 32.1 Å². The number of amides is 2. The summed E-state index contributed by atoms with van der Waals surface area (Å²) in [5, 5.41) is 5.60. The Balaban J connectivity index is 1.86. The molecule has 26 heavy (non-hydrogen) atoms. The summed E-state index contributed by atoms with van der Waals surface area (Å²) in [6.07, 6.45) is 0.435. The fraction of sp³-hybridized carbons (Fsp3) is 0.300. The van der Waals surface area contributed by atoms with Gasteiger partial charge in [-0.1, -0.05) is 26.8 Å². The first-order valence-electron chi connectivity index (χ1n) is 8.29. The summed E-state index contributed by atoms with van der Waals surface area (Å²) in [4.78, 5) is 24.9. The van der Waals surface area contributed by atoms with Crippen molar-refractivity contribution in [3.8, 4) is 0 Å². The zero-order valence-corrected chi connectivity index (χ0v) is 16.0. The highest BCUT2D eigenvalue weighted by molar-refractivity contribution is 8.00. The van der Waals surface area contributed by atoms with Gasteiger partial charge in [0, 0.05) is 22.7 Å². The third kappa shape index (κ3) is 7.27. The van der Waals surface area contributed by atoms with Gasteiger partial charge >= 0.3 is 0 Å². The van der Waals surface area contributed by atoms with Crippen molar-refractivity contribution in [2.24, 2.45) is 5.41 Å². The van der Waals surface area contributed by atoms with Crippen LogP contribution >= 0.6 is 11.8 Å². The van der Waals surface area contributed by atoms with Crippen LogP contribution in [0.5, 0.6) is 0 Å². The van der Waals surface area contributed by atoms with Crippen molar-refractivity contribution in [1.82, 2.24) is 0 Å². The fourth-order valence-corrected chi connectivity index (χ4v) is 2.98. The maximum Gasteiger partial charge on any atom is 0.234 e. The number of benzene rings is 2. The predicted molar refractivity (Wildman–Crippen MR) is 105 cm³/mol. The lowest BCUT2D eigenvalue weighted by molar-refractivity contribution is -0.118. The predicted octanol–water partition coefficient (Wildman–Crippen LogP) is 4.93. The van der Waals surface area contributed by atoms with Crippen molar-refractivity contribution in [2.75, 3.05) is 16.4 Å². The Labute approximate surface area is 157 Å². The van der Waals surface area contributed by atoms with Crippen LogP contribution < -0.4 is 10.6 Å². The van der Waals surface area contributed by atoms with Gasteiger partial charge in [0.15, 0.2) is 0 Å². The van der Waals surface area contributed by atoms with Crippen molar-refractivity contribution in [3.05, 3.63) is 54.3 Å². The lowest BCUT2D eigenvalue weighted by Gasteiger charge is -2.17. The van der Waals surface area contributed by atoms with E-state index in [4.69, 9.17) is 0 Å². The molecule has 0 heterocycles. The average molecular weight is 374 g/mol. The molecular formula is C20H23FN2O2S. The largest absolute Gasteiger partial charge is 0.326 e. The summed E-state index contributed by atoms with van der Waals surface area (Å²) in [6, 6.07) is 13.0. The number of halogens is 1. The standard InChI is InChI=1S/C20H23FN2O2S/c1-20(2,3)12-18(24)23-16-5-4-6-17(11-16)26-13-19(25)22-15-9-7-14(21)8-10-15/h4-11H,12-13H2,1-3H3,(H,22,25)(H,23,24). The molecule has 0 spiro atoms. The van der Waals surface area contributed by atoms with E-state index in [1.54, 1.807) is 0 Å². The SMILES string of the molecule is CC(C)(C)CC(=O)Nc1cccc(SCC(=O)Nc2ccc(F)cc2)c1. The zero-order valence-electron chi connectivity index (χ0n) is 15.1. The summed E-state index contributed by atoms with van der Waals surface area (Å²) in [7, 11) is 0. The van der Waals surface area contributed by atoms with E-state index >= 15 is 0 Å². The van der Waals surface area contributed by atoms with Crippen LogP contribution in [0, 0.1) is 11.2 Å². The Bertz CT molecular complexity index is 770. The minimum Gasteiger partial charge on any atom is -0.326 e. The lowest BCUT2D eigenvalue weighted by Crippen LogP contribution is -2.19. The molecule has 0 saturated carbocycles. The van der Waals surface area contributed by atoms with E-state index in [2.05, 4.69) is 10.6 Å². The number of carbonyl (C=O) groups excluding carboxylic acids is 2. The van der Waals surface area contributed by atoms with Crippen molar-refractivity contribution in [1.29, 1.82) is 0 Å². The Morgan fingerprint density at radius 3 is 2.27 bits per heavy atom. The first-order valence-corrected chi connectivity index (χ1v) is 9.28. The molecule has 0 fully saturated rings. The number of thioether (sulfide) groups is 1. The Morgan fingerprint density at radius 2 is 1.62 bits per heavy atom. The van der Waals surface area contributed by atoms with Crippen LogP contribution in [0.4, 0.5) is 15.8 Å². The summed E-state index contributed by atoms with van der Waals surface area (Å²) in [5.41, 5.74) is 1.19. The Hall–Kier alpha value is -2.34. The van der Waals surface area contributed by atoms with Gasteiger partial charge in [0.1, 0.15) is 5.82 Å². The molecule has 2 rings (SSSR count). The van der Waals surface area contributed by atoms with Gasteiger partial charge in [-0.25, -0.2) is 4.39 Å². The van der Waals surface area contributed by atoms with Crippen LogP contribution in [-0.4, -0.2) is 17.6 Å². The second kappa shape index (κ2) is 8.85. The summed E-state index contributed by atoms with van der Waals surface area (Å²) >= 11 is 1.37. The normalized spacial score (nSPS) is 11.1. The first kappa shape index (κ1) is 20.0. The van der Waals surface area contributed by atoms with Gasteiger partial charge in [-0.05, 0) is 47.9 Å². The number of hydrogen-bond acceptors (Lipinski definition) is 3. The Kier molecular flexibility index (Phi) is 6.80. The van der Waals surface area contributed by atoms with Crippen LogP contribution in [0.2, 0.25) is 0 Å². The van der Waals surface area contributed by atoms with Crippen LogP contribution in [0.15, 0.2) is 53.4 Å². The third-order valence-electron chi connectivity index (χ3n) is 3.31. The van der Waals surface area contributed by atoms with E-state index in [1.165, 1.54) is 36.0 Å². The molecule has 0 aliphatic carbocycles. The molecule has 0 unspecified atom stereocenters. The molecule has 2 amide bonds. The summed E-state index contributed by atoms with van der Waals surface area (Å²) in [6.45, 7) is 6.04. The minimum atomic E-state index is -0.345. The second-order valence-corrected chi connectivity index (χ2v) is 8.21. The van der Waals surface area contributed by atoms with Gasteiger partial charge < -0.3 is 10.6 Å². The molecule has 0 atom stereocenters. The number of anilines is 2. The summed E-state index contributed by atoms with van der Waals surface area (Å²) < 4.78 is 12.9. The molecule has 0 aromatic heterocycles. The maximum absolute atomic E-state index is 12.9. The monoisotopic (exact) mass is 374 g/mol. The Morgan fingerprint density at radius 1 is 0.962 bits per heavy atom. The van der Waals surface area contributed by atoms with E-state index < -0.39 is 0 Å². The molecule has 0 aliphatic rings. The lowest BCUT2D eigenvalue weighted by atomic mass is 9.92. The van der Waals surface area contributed by atoms with E-state index in [0.29, 0.717) is 17.8 Å². The highest BCUT2D eigenvalue weighted by Crippen LogP contribution is 2.24. The smallest absolute Gasteiger partial charge is 0.234 e.